The number of halogens is 3. The summed E-state index contributed by atoms with van der Waals surface area (Å²) in [5.74, 6) is -2.26. The summed E-state index contributed by atoms with van der Waals surface area (Å²) in [5, 5.41) is 0.532. The molecule has 2 aromatic carbocycles. The third-order valence-electron chi connectivity index (χ3n) is 3.49. The molecule has 0 aromatic heterocycles. The van der Waals surface area contributed by atoms with Gasteiger partial charge in [0.15, 0.2) is 0 Å². The van der Waals surface area contributed by atoms with Crippen molar-refractivity contribution < 1.29 is 22.3 Å². The van der Waals surface area contributed by atoms with Crippen LogP contribution in [0.1, 0.15) is 11.1 Å². The van der Waals surface area contributed by atoms with E-state index in [-0.39, 0.29) is 0 Å². The van der Waals surface area contributed by atoms with E-state index < -0.39 is 25.6 Å². The first-order chi connectivity index (χ1) is 10.8. The van der Waals surface area contributed by atoms with E-state index in [2.05, 4.69) is 0 Å². The van der Waals surface area contributed by atoms with Crippen LogP contribution in [0.3, 0.4) is 0 Å². The zero-order chi connectivity index (χ0) is 16.7. The molecule has 1 heterocycles. The Morgan fingerprint density at radius 1 is 1.00 bits per heavy atom. The number of hydrogen-bond acceptors (Lipinski definition) is 4. The minimum absolute atomic E-state index is 0.308. The van der Waals surface area contributed by atoms with Gasteiger partial charge in [-0.2, -0.15) is 0 Å². The molecular weight excluding hydrogens is 366 g/mol. The van der Waals surface area contributed by atoms with Gasteiger partial charge in [-0.25, -0.2) is 12.8 Å². The highest BCUT2D eigenvalue weighted by Crippen LogP contribution is 2.40. The average Bonchev–Trinajstić information content (AvgIpc) is 2.98. The molecule has 1 saturated heterocycles. The third kappa shape index (κ3) is 3.09. The highest BCUT2D eigenvalue weighted by Gasteiger charge is 2.41. The van der Waals surface area contributed by atoms with Crippen LogP contribution in [0.5, 0.6) is 0 Å². The van der Waals surface area contributed by atoms with Crippen molar-refractivity contribution in [2.75, 3.05) is 13.2 Å². The summed E-state index contributed by atoms with van der Waals surface area (Å²) in [6, 6.07) is 10.3. The van der Waals surface area contributed by atoms with E-state index in [0.29, 0.717) is 29.4 Å². The van der Waals surface area contributed by atoms with Gasteiger partial charge in [-0.05, 0) is 24.3 Å². The molecule has 2 aromatic rings. The van der Waals surface area contributed by atoms with Gasteiger partial charge in [0.25, 0.3) is 9.05 Å². The zero-order valence-corrected chi connectivity index (χ0v) is 14.0. The molecule has 0 unspecified atom stereocenters. The molecule has 0 radical (unpaired) electrons. The maximum absolute atomic E-state index is 13.8. The summed E-state index contributed by atoms with van der Waals surface area (Å²) in [6.45, 7) is 0.617. The van der Waals surface area contributed by atoms with E-state index in [1.807, 2.05) is 0 Å². The van der Waals surface area contributed by atoms with E-state index in [1.165, 1.54) is 6.07 Å². The van der Waals surface area contributed by atoms with Gasteiger partial charge in [0.05, 0.1) is 13.2 Å². The number of benzene rings is 2. The predicted molar refractivity (Wildman–Crippen MR) is 83.6 cm³/mol. The smallest absolute Gasteiger partial charge is 0.264 e. The largest absolute Gasteiger partial charge is 0.340 e. The minimum Gasteiger partial charge on any atom is -0.340 e. The van der Waals surface area contributed by atoms with Gasteiger partial charge in [-0.1, -0.05) is 29.8 Å². The van der Waals surface area contributed by atoms with Gasteiger partial charge >= 0.3 is 0 Å². The van der Waals surface area contributed by atoms with E-state index in [4.69, 9.17) is 31.8 Å². The highest BCUT2D eigenvalue weighted by molar-refractivity contribution is 8.13. The Bertz CT molecular complexity index is 831. The van der Waals surface area contributed by atoms with Gasteiger partial charge in [-0.3, -0.25) is 0 Å². The quantitative estimate of drug-likeness (QED) is 0.767. The maximum Gasteiger partial charge on any atom is 0.264 e. The van der Waals surface area contributed by atoms with Crippen molar-refractivity contribution in [2.24, 2.45) is 0 Å². The van der Waals surface area contributed by atoms with E-state index >= 15 is 0 Å². The molecule has 0 N–H and O–H groups in total. The van der Waals surface area contributed by atoms with Gasteiger partial charge in [-0.15, -0.1) is 0 Å². The summed E-state index contributed by atoms with van der Waals surface area (Å²) in [6.07, 6.45) is 0. The van der Waals surface area contributed by atoms with Crippen molar-refractivity contribution >= 4 is 31.3 Å². The van der Waals surface area contributed by atoms with E-state index in [9.17, 15) is 12.8 Å². The molecule has 0 atom stereocenters. The Hall–Kier alpha value is -1.18. The van der Waals surface area contributed by atoms with E-state index in [0.717, 1.165) is 12.1 Å². The van der Waals surface area contributed by atoms with Crippen LogP contribution in [0.2, 0.25) is 5.02 Å². The van der Waals surface area contributed by atoms with Crippen molar-refractivity contribution in [3.63, 3.8) is 0 Å². The zero-order valence-electron chi connectivity index (χ0n) is 11.6. The Morgan fingerprint density at radius 3 is 2.13 bits per heavy atom. The molecule has 122 valence electrons. The highest BCUT2D eigenvalue weighted by atomic mass is 35.7. The summed E-state index contributed by atoms with van der Waals surface area (Å²) < 4.78 is 48.3. The number of rotatable bonds is 3. The van der Waals surface area contributed by atoms with Crippen LogP contribution in [-0.4, -0.2) is 21.6 Å². The van der Waals surface area contributed by atoms with Crippen LogP contribution in [0.15, 0.2) is 47.4 Å². The molecule has 0 saturated carbocycles. The van der Waals surface area contributed by atoms with Crippen LogP contribution in [0.4, 0.5) is 4.39 Å². The molecule has 1 aliphatic rings. The molecule has 0 bridgehead atoms. The second-order valence-corrected chi connectivity index (χ2v) is 7.87. The molecule has 3 rings (SSSR count). The number of hydrogen-bond donors (Lipinski definition) is 0. The Morgan fingerprint density at radius 2 is 1.57 bits per heavy atom. The summed E-state index contributed by atoms with van der Waals surface area (Å²) in [5.41, 5.74) is 0.946. The fraction of sp³-hybridized carbons (Fsp3) is 0.200. The lowest BCUT2D eigenvalue weighted by Gasteiger charge is -2.28. The number of ether oxygens (including phenoxy) is 2. The second-order valence-electron chi connectivity index (χ2n) is 4.90. The molecule has 8 heteroatoms. The first-order valence-electron chi connectivity index (χ1n) is 6.61. The second kappa shape index (κ2) is 6.03. The Balaban J connectivity index is 2.18. The summed E-state index contributed by atoms with van der Waals surface area (Å²) >= 11 is 5.89. The van der Waals surface area contributed by atoms with Crippen LogP contribution >= 0.6 is 22.3 Å². The molecule has 4 nitrogen and oxygen atoms in total. The first kappa shape index (κ1) is 16.7. The Kier molecular flexibility index (Phi) is 4.37. The third-order valence-corrected chi connectivity index (χ3v) is 5.08. The molecule has 0 spiro atoms. The molecule has 1 fully saturated rings. The van der Waals surface area contributed by atoms with Crippen molar-refractivity contribution in [3.05, 3.63) is 64.4 Å². The normalized spacial score (nSPS) is 17.3. The van der Waals surface area contributed by atoms with Crippen LogP contribution < -0.4 is 0 Å². The predicted octanol–water partition coefficient (Wildman–Crippen LogP) is 3.65. The van der Waals surface area contributed by atoms with Gasteiger partial charge in [0.2, 0.25) is 5.79 Å². The molecule has 0 amide bonds. The molecule has 0 aliphatic carbocycles. The standard InChI is InChI=1S/C15H11Cl2FO4S/c16-12-4-1-10(2-5-12)15(21-7-8-22-15)11-3-6-13(18)14(9-11)23(17,19)20/h1-6,9H,7-8H2. The van der Waals surface area contributed by atoms with Crippen LogP contribution in [0.25, 0.3) is 0 Å². The van der Waals surface area contributed by atoms with Gasteiger partial charge in [0, 0.05) is 26.8 Å². The van der Waals surface area contributed by atoms with Crippen molar-refractivity contribution in [3.8, 4) is 0 Å². The lowest BCUT2D eigenvalue weighted by molar-refractivity contribution is -0.130. The lowest BCUT2D eigenvalue weighted by Crippen LogP contribution is -2.29. The molecule has 1 aliphatic heterocycles. The monoisotopic (exact) mass is 376 g/mol. The van der Waals surface area contributed by atoms with Crippen LogP contribution in [0, 0.1) is 5.82 Å². The van der Waals surface area contributed by atoms with Gasteiger partial charge in [0.1, 0.15) is 10.7 Å². The fourth-order valence-electron chi connectivity index (χ4n) is 2.48. The topological polar surface area (TPSA) is 52.6 Å². The summed E-state index contributed by atoms with van der Waals surface area (Å²) in [7, 11) is 1.05. The lowest BCUT2D eigenvalue weighted by atomic mass is 9.97. The average molecular weight is 377 g/mol. The summed E-state index contributed by atoms with van der Waals surface area (Å²) in [4.78, 5) is -0.621. The van der Waals surface area contributed by atoms with Gasteiger partial charge < -0.3 is 9.47 Å². The fourth-order valence-corrected chi connectivity index (χ4v) is 3.53. The molecule has 23 heavy (non-hydrogen) atoms. The van der Waals surface area contributed by atoms with Crippen molar-refractivity contribution in [1.82, 2.24) is 0 Å². The first-order valence-corrected chi connectivity index (χ1v) is 9.30. The molecular formula is C15H11Cl2FO4S. The van der Waals surface area contributed by atoms with E-state index in [1.54, 1.807) is 24.3 Å². The van der Waals surface area contributed by atoms with Crippen molar-refractivity contribution in [2.45, 2.75) is 10.7 Å². The van der Waals surface area contributed by atoms with Crippen LogP contribution in [-0.2, 0) is 24.3 Å². The van der Waals surface area contributed by atoms with Crippen molar-refractivity contribution in [1.29, 1.82) is 0 Å². The minimum atomic E-state index is -4.24. The Labute approximate surface area is 142 Å². The SMILES string of the molecule is O=S(=O)(Cl)c1cc(C2(c3ccc(Cl)cc3)OCCO2)ccc1F. The maximum atomic E-state index is 13.8.